The number of rotatable bonds is 5. The van der Waals surface area contributed by atoms with Gasteiger partial charge in [0.25, 0.3) is 5.91 Å². The van der Waals surface area contributed by atoms with E-state index in [-0.39, 0.29) is 5.91 Å². The van der Waals surface area contributed by atoms with Crippen molar-refractivity contribution in [1.29, 1.82) is 0 Å². The number of nitrogens with one attached hydrogen (secondary N) is 2. The Morgan fingerprint density at radius 1 is 0.893 bits per heavy atom. The molecule has 1 aliphatic heterocycles. The molecule has 0 radical (unpaired) electrons. The average molecular weight is 393 g/mol. The van der Waals surface area contributed by atoms with Gasteiger partial charge in [-0.2, -0.15) is 0 Å². The van der Waals surface area contributed by atoms with Crippen molar-refractivity contribution < 1.29 is 4.79 Å². The van der Waals surface area contributed by atoms with Gasteiger partial charge in [0.15, 0.2) is 0 Å². The van der Waals surface area contributed by atoms with E-state index in [4.69, 9.17) is 11.6 Å². The van der Waals surface area contributed by atoms with Gasteiger partial charge in [0, 0.05) is 47.1 Å². The number of benzene rings is 2. The fraction of sp³-hybridized carbons (Fsp3) is 0.182. The standard InChI is InChI=1S/C22H21ClN4O/c23-16-3-5-17(6-4-16)25-19-11-12-24-21(15-19)22(28)26-18-7-9-20(10-8-18)27-13-1-2-14-27/h3-12,15H,1-2,13-14H2,(H,24,25)(H,26,28). The molecule has 4 rings (SSSR count). The Bertz CT molecular complexity index is 951. The number of hydrogen-bond donors (Lipinski definition) is 2. The maximum absolute atomic E-state index is 12.6. The lowest BCUT2D eigenvalue weighted by molar-refractivity contribution is 0.102. The van der Waals surface area contributed by atoms with Crippen LogP contribution in [0.15, 0.2) is 66.9 Å². The number of carbonyl (C=O) groups excluding carboxylic acids is 1. The van der Waals surface area contributed by atoms with E-state index in [0.717, 1.165) is 30.2 Å². The average Bonchev–Trinajstić information content (AvgIpc) is 3.25. The summed E-state index contributed by atoms with van der Waals surface area (Å²) >= 11 is 5.91. The molecule has 5 nitrogen and oxygen atoms in total. The van der Waals surface area contributed by atoms with Crippen LogP contribution in [-0.4, -0.2) is 24.0 Å². The molecule has 2 aromatic carbocycles. The zero-order valence-corrected chi connectivity index (χ0v) is 16.1. The first kappa shape index (κ1) is 18.3. The third kappa shape index (κ3) is 4.43. The first-order chi connectivity index (χ1) is 13.7. The zero-order valence-electron chi connectivity index (χ0n) is 15.4. The van der Waals surface area contributed by atoms with Crippen molar-refractivity contribution in [1.82, 2.24) is 4.98 Å². The van der Waals surface area contributed by atoms with Crippen molar-refractivity contribution in [3.63, 3.8) is 0 Å². The number of carbonyl (C=O) groups is 1. The predicted molar refractivity (Wildman–Crippen MR) is 115 cm³/mol. The van der Waals surface area contributed by atoms with Gasteiger partial charge in [-0.3, -0.25) is 9.78 Å². The SMILES string of the molecule is O=C(Nc1ccc(N2CCCC2)cc1)c1cc(Nc2ccc(Cl)cc2)ccn1. The summed E-state index contributed by atoms with van der Waals surface area (Å²) in [4.78, 5) is 19.1. The van der Waals surface area contributed by atoms with Gasteiger partial charge in [0.1, 0.15) is 5.69 Å². The van der Waals surface area contributed by atoms with Crippen LogP contribution in [0.25, 0.3) is 0 Å². The van der Waals surface area contributed by atoms with E-state index in [2.05, 4.69) is 20.5 Å². The van der Waals surface area contributed by atoms with E-state index in [9.17, 15) is 4.79 Å². The van der Waals surface area contributed by atoms with Crippen molar-refractivity contribution in [3.8, 4) is 0 Å². The van der Waals surface area contributed by atoms with Crippen LogP contribution >= 0.6 is 11.6 Å². The summed E-state index contributed by atoms with van der Waals surface area (Å²) in [7, 11) is 0. The molecule has 6 heteroatoms. The highest BCUT2D eigenvalue weighted by Gasteiger charge is 2.13. The molecule has 0 atom stereocenters. The minimum atomic E-state index is -0.242. The van der Waals surface area contributed by atoms with Crippen molar-refractivity contribution >= 4 is 40.3 Å². The monoisotopic (exact) mass is 392 g/mol. The molecular weight excluding hydrogens is 372 g/mol. The lowest BCUT2D eigenvalue weighted by Gasteiger charge is -2.17. The van der Waals surface area contributed by atoms with Crippen molar-refractivity contribution in [2.75, 3.05) is 28.6 Å². The van der Waals surface area contributed by atoms with E-state index in [1.54, 1.807) is 12.3 Å². The molecule has 0 unspecified atom stereocenters. The molecule has 2 heterocycles. The second-order valence-corrected chi connectivity index (χ2v) is 7.19. The van der Waals surface area contributed by atoms with Gasteiger partial charge in [-0.25, -0.2) is 0 Å². The lowest BCUT2D eigenvalue weighted by atomic mass is 10.2. The smallest absolute Gasteiger partial charge is 0.274 e. The molecule has 1 aliphatic rings. The number of halogens is 1. The van der Waals surface area contributed by atoms with E-state index in [1.807, 2.05) is 54.6 Å². The van der Waals surface area contributed by atoms with Crippen LogP contribution < -0.4 is 15.5 Å². The molecular formula is C22H21ClN4O. The number of hydrogen-bond acceptors (Lipinski definition) is 4. The topological polar surface area (TPSA) is 57.3 Å². The summed E-state index contributed by atoms with van der Waals surface area (Å²) in [6.45, 7) is 2.20. The number of anilines is 4. The number of amides is 1. The van der Waals surface area contributed by atoms with Gasteiger partial charge < -0.3 is 15.5 Å². The van der Waals surface area contributed by atoms with Crippen molar-refractivity contribution in [2.24, 2.45) is 0 Å². The first-order valence-corrected chi connectivity index (χ1v) is 9.70. The van der Waals surface area contributed by atoms with Crippen LogP contribution in [0, 0.1) is 0 Å². The fourth-order valence-electron chi connectivity index (χ4n) is 3.26. The van der Waals surface area contributed by atoms with Crippen LogP contribution in [0.3, 0.4) is 0 Å². The quantitative estimate of drug-likeness (QED) is 0.616. The Morgan fingerprint density at radius 3 is 2.29 bits per heavy atom. The van der Waals surface area contributed by atoms with E-state index >= 15 is 0 Å². The first-order valence-electron chi connectivity index (χ1n) is 9.32. The number of nitrogens with zero attached hydrogens (tertiary/aromatic N) is 2. The van der Waals surface area contributed by atoms with Crippen LogP contribution in [-0.2, 0) is 0 Å². The maximum Gasteiger partial charge on any atom is 0.274 e. The molecule has 0 saturated carbocycles. The maximum atomic E-state index is 12.6. The Morgan fingerprint density at radius 2 is 1.57 bits per heavy atom. The van der Waals surface area contributed by atoms with Gasteiger partial charge >= 0.3 is 0 Å². The number of pyridine rings is 1. The van der Waals surface area contributed by atoms with Crippen LogP contribution in [0.2, 0.25) is 5.02 Å². The van der Waals surface area contributed by atoms with Gasteiger partial charge in [-0.1, -0.05) is 11.6 Å². The van der Waals surface area contributed by atoms with E-state index < -0.39 is 0 Å². The fourth-order valence-corrected chi connectivity index (χ4v) is 3.38. The molecule has 0 aliphatic carbocycles. The highest BCUT2D eigenvalue weighted by Crippen LogP contribution is 2.23. The largest absolute Gasteiger partial charge is 0.372 e. The Labute approximate surface area is 169 Å². The second-order valence-electron chi connectivity index (χ2n) is 6.76. The van der Waals surface area contributed by atoms with E-state index in [1.165, 1.54) is 18.5 Å². The summed E-state index contributed by atoms with van der Waals surface area (Å²) in [5.41, 5.74) is 3.97. The molecule has 1 aromatic heterocycles. The molecule has 0 bridgehead atoms. The van der Waals surface area contributed by atoms with Gasteiger partial charge in [-0.15, -0.1) is 0 Å². The van der Waals surface area contributed by atoms with Gasteiger partial charge in [0.2, 0.25) is 0 Å². The normalized spacial score (nSPS) is 13.4. The second kappa shape index (κ2) is 8.31. The molecule has 142 valence electrons. The minimum Gasteiger partial charge on any atom is -0.372 e. The number of aromatic nitrogens is 1. The molecule has 2 N–H and O–H groups in total. The Hall–Kier alpha value is -3.05. The molecule has 1 saturated heterocycles. The predicted octanol–water partition coefficient (Wildman–Crippen LogP) is 5.33. The van der Waals surface area contributed by atoms with Gasteiger partial charge in [0.05, 0.1) is 0 Å². The highest BCUT2D eigenvalue weighted by molar-refractivity contribution is 6.30. The Balaban J connectivity index is 1.42. The summed E-state index contributed by atoms with van der Waals surface area (Å²) in [6.07, 6.45) is 4.10. The van der Waals surface area contributed by atoms with Crippen LogP contribution in [0.4, 0.5) is 22.7 Å². The summed E-state index contributed by atoms with van der Waals surface area (Å²) in [6, 6.07) is 18.9. The highest BCUT2D eigenvalue weighted by atomic mass is 35.5. The molecule has 1 amide bonds. The third-order valence-corrected chi connectivity index (χ3v) is 4.97. The lowest BCUT2D eigenvalue weighted by Crippen LogP contribution is -2.17. The molecule has 1 fully saturated rings. The summed E-state index contributed by atoms with van der Waals surface area (Å²) in [5, 5.41) is 6.83. The molecule has 0 spiro atoms. The molecule has 3 aromatic rings. The summed E-state index contributed by atoms with van der Waals surface area (Å²) in [5.74, 6) is -0.242. The minimum absolute atomic E-state index is 0.242. The van der Waals surface area contributed by atoms with Crippen molar-refractivity contribution in [2.45, 2.75) is 12.8 Å². The van der Waals surface area contributed by atoms with E-state index in [0.29, 0.717) is 10.7 Å². The van der Waals surface area contributed by atoms with Crippen LogP contribution in [0.1, 0.15) is 23.3 Å². The van der Waals surface area contributed by atoms with Crippen molar-refractivity contribution in [3.05, 3.63) is 77.6 Å². The van der Waals surface area contributed by atoms with Gasteiger partial charge in [-0.05, 0) is 73.5 Å². The molecule has 28 heavy (non-hydrogen) atoms. The third-order valence-electron chi connectivity index (χ3n) is 4.72. The van der Waals surface area contributed by atoms with Crippen LogP contribution in [0.5, 0.6) is 0 Å². The zero-order chi connectivity index (χ0) is 19.3. The Kier molecular flexibility index (Phi) is 5.44. The summed E-state index contributed by atoms with van der Waals surface area (Å²) < 4.78 is 0.